The van der Waals surface area contributed by atoms with Gasteiger partial charge >= 0.3 is 0 Å². The second kappa shape index (κ2) is 6.41. The number of nitrogens with zero attached hydrogens (tertiary/aromatic N) is 1. The molecule has 0 spiro atoms. The van der Waals surface area contributed by atoms with E-state index in [9.17, 15) is 9.59 Å². The van der Waals surface area contributed by atoms with Crippen molar-refractivity contribution in [3.05, 3.63) is 29.3 Å². The molecule has 20 heavy (non-hydrogen) atoms. The first-order chi connectivity index (χ1) is 9.61. The summed E-state index contributed by atoms with van der Waals surface area (Å²) in [6.45, 7) is 6.09. The summed E-state index contributed by atoms with van der Waals surface area (Å²) in [6.07, 6.45) is 0.792. The molecule has 2 rings (SSSR count). The lowest BCUT2D eigenvalue weighted by Gasteiger charge is -2.21. The molecule has 1 aromatic carbocycles. The number of aryl methyl sites for hydroxylation is 1. The first kappa shape index (κ1) is 14.4. The summed E-state index contributed by atoms with van der Waals surface area (Å²) in [6, 6.07) is 5.77. The Kier molecular flexibility index (Phi) is 4.61. The van der Waals surface area contributed by atoms with Gasteiger partial charge in [-0.05, 0) is 32.4 Å². The predicted molar refractivity (Wildman–Crippen MR) is 78.9 cm³/mol. The largest absolute Gasteiger partial charge is 0.385 e. The van der Waals surface area contributed by atoms with Crippen molar-refractivity contribution >= 4 is 17.5 Å². The molecule has 5 heteroatoms. The third-order valence-corrected chi connectivity index (χ3v) is 3.32. The summed E-state index contributed by atoms with van der Waals surface area (Å²) >= 11 is 0. The summed E-state index contributed by atoms with van der Waals surface area (Å²) in [5, 5.41) is 5.99. The molecule has 108 valence electrons. The molecule has 0 unspecified atom stereocenters. The highest BCUT2D eigenvalue weighted by atomic mass is 16.2. The number of rotatable bonds is 3. The highest BCUT2D eigenvalue weighted by molar-refractivity contribution is 6.01. The summed E-state index contributed by atoms with van der Waals surface area (Å²) in [5.74, 6) is -0.171. The van der Waals surface area contributed by atoms with Gasteiger partial charge in [-0.3, -0.25) is 9.59 Å². The molecule has 2 N–H and O–H groups in total. The molecule has 1 aliphatic rings. The number of benzene rings is 1. The van der Waals surface area contributed by atoms with Crippen LogP contribution in [-0.2, 0) is 4.79 Å². The Morgan fingerprint density at radius 3 is 3.00 bits per heavy atom. The van der Waals surface area contributed by atoms with Crippen LogP contribution in [0, 0.1) is 6.92 Å². The van der Waals surface area contributed by atoms with Gasteiger partial charge in [0.05, 0.1) is 12.1 Å². The third-order valence-electron chi connectivity index (χ3n) is 3.32. The average Bonchev–Trinajstić information content (AvgIpc) is 2.65. The molecule has 1 saturated heterocycles. The lowest BCUT2D eigenvalue weighted by molar-refractivity contribution is -0.121. The van der Waals surface area contributed by atoms with E-state index in [0.717, 1.165) is 24.2 Å². The predicted octanol–water partition coefficient (Wildman–Crippen LogP) is 1.39. The van der Waals surface area contributed by atoms with Crippen molar-refractivity contribution in [1.29, 1.82) is 0 Å². The van der Waals surface area contributed by atoms with E-state index >= 15 is 0 Å². The second-order valence-corrected chi connectivity index (χ2v) is 5.01. The van der Waals surface area contributed by atoms with Crippen LogP contribution in [0.25, 0.3) is 0 Å². The van der Waals surface area contributed by atoms with Gasteiger partial charge in [-0.2, -0.15) is 0 Å². The third kappa shape index (κ3) is 3.29. The van der Waals surface area contributed by atoms with Crippen LogP contribution in [0.4, 0.5) is 5.69 Å². The summed E-state index contributed by atoms with van der Waals surface area (Å²) in [5.41, 5.74) is 2.50. The number of amides is 2. The molecule has 1 aliphatic heterocycles. The van der Waals surface area contributed by atoms with Crippen molar-refractivity contribution in [2.45, 2.75) is 20.3 Å². The Bertz CT molecular complexity index is 514. The number of carbonyl (C=O) groups is 2. The van der Waals surface area contributed by atoms with E-state index in [1.165, 1.54) is 0 Å². The van der Waals surface area contributed by atoms with Crippen LogP contribution in [-0.4, -0.2) is 42.9 Å². The van der Waals surface area contributed by atoms with Crippen LogP contribution in [0.5, 0.6) is 0 Å². The number of anilines is 1. The first-order valence-corrected chi connectivity index (χ1v) is 7.02. The first-order valence-electron chi connectivity index (χ1n) is 7.02. The van der Waals surface area contributed by atoms with Gasteiger partial charge in [-0.1, -0.05) is 11.6 Å². The molecule has 1 aromatic rings. The van der Waals surface area contributed by atoms with E-state index in [-0.39, 0.29) is 18.4 Å². The fraction of sp³-hybridized carbons (Fsp3) is 0.467. The summed E-state index contributed by atoms with van der Waals surface area (Å²) in [4.78, 5) is 25.9. The molecule has 0 radical (unpaired) electrons. The van der Waals surface area contributed by atoms with Gasteiger partial charge in [0.15, 0.2) is 0 Å². The molecular weight excluding hydrogens is 254 g/mol. The standard InChI is InChI=1S/C15H21N3O2/c1-3-16-13-6-5-11(2)9-12(13)15(20)18-8-4-7-17-14(19)10-18/h5-6,9,16H,3-4,7-8,10H2,1-2H3,(H,17,19). The van der Waals surface area contributed by atoms with Crippen LogP contribution in [0.3, 0.4) is 0 Å². The zero-order valence-electron chi connectivity index (χ0n) is 12.0. The average molecular weight is 275 g/mol. The molecule has 0 bridgehead atoms. The molecule has 0 atom stereocenters. The highest BCUT2D eigenvalue weighted by Crippen LogP contribution is 2.20. The molecule has 1 heterocycles. The zero-order valence-corrected chi connectivity index (χ0v) is 12.0. The Hall–Kier alpha value is -2.04. The van der Waals surface area contributed by atoms with E-state index < -0.39 is 0 Å². The van der Waals surface area contributed by atoms with E-state index in [1.54, 1.807) is 4.90 Å². The van der Waals surface area contributed by atoms with Crippen LogP contribution in [0.15, 0.2) is 18.2 Å². The minimum Gasteiger partial charge on any atom is -0.385 e. The minimum absolute atomic E-state index is 0.0818. The van der Waals surface area contributed by atoms with E-state index in [2.05, 4.69) is 10.6 Å². The number of nitrogens with one attached hydrogen (secondary N) is 2. The Morgan fingerprint density at radius 1 is 1.45 bits per heavy atom. The Labute approximate surface area is 119 Å². The second-order valence-electron chi connectivity index (χ2n) is 5.01. The van der Waals surface area contributed by atoms with Gasteiger partial charge in [0, 0.05) is 25.3 Å². The smallest absolute Gasteiger partial charge is 0.256 e. The van der Waals surface area contributed by atoms with Gasteiger partial charge in [0.25, 0.3) is 5.91 Å². The van der Waals surface area contributed by atoms with Crippen molar-refractivity contribution in [2.75, 3.05) is 31.5 Å². The SMILES string of the molecule is CCNc1ccc(C)cc1C(=O)N1CCCNC(=O)C1. The quantitative estimate of drug-likeness (QED) is 0.876. The lowest BCUT2D eigenvalue weighted by Crippen LogP contribution is -2.37. The number of hydrogen-bond donors (Lipinski definition) is 2. The highest BCUT2D eigenvalue weighted by Gasteiger charge is 2.22. The summed E-state index contributed by atoms with van der Waals surface area (Å²) < 4.78 is 0. The maximum atomic E-state index is 12.7. The van der Waals surface area contributed by atoms with Gasteiger partial charge in [0.2, 0.25) is 5.91 Å². The normalized spacial score (nSPS) is 15.5. The topological polar surface area (TPSA) is 61.4 Å². The van der Waals surface area contributed by atoms with E-state index in [0.29, 0.717) is 18.7 Å². The van der Waals surface area contributed by atoms with E-state index in [1.807, 2.05) is 32.0 Å². The van der Waals surface area contributed by atoms with Crippen molar-refractivity contribution in [3.8, 4) is 0 Å². The summed E-state index contributed by atoms with van der Waals surface area (Å²) in [7, 11) is 0. The molecule has 2 amide bonds. The van der Waals surface area contributed by atoms with E-state index in [4.69, 9.17) is 0 Å². The van der Waals surface area contributed by atoms with Crippen LogP contribution >= 0.6 is 0 Å². The van der Waals surface area contributed by atoms with Crippen LogP contribution in [0.2, 0.25) is 0 Å². The number of hydrogen-bond acceptors (Lipinski definition) is 3. The molecule has 0 aromatic heterocycles. The maximum Gasteiger partial charge on any atom is 0.256 e. The van der Waals surface area contributed by atoms with Crippen LogP contribution < -0.4 is 10.6 Å². The van der Waals surface area contributed by atoms with Gasteiger partial charge in [-0.25, -0.2) is 0 Å². The van der Waals surface area contributed by atoms with Gasteiger partial charge in [-0.15, -0.1) is 0 Å². The van der Waals surface area contributed by atoms with Crippen molar-refractivity contribution in [1.82, 2.24) is 10.2 Å². The molecular formula is C15H21N3O2. The monoisotopic (exact) mass is 275 g/mol. The molecule has 5 nitrogen and oxygen atoms in total. The van der Waals surface area contributed by atoms with Gasteiger partial charge in [0.1, 0.15) is 0 Å². The van der Waals surface area contributed by atoms with Gasteiger partial charge < -0.3 is 15.5 Å². The zero-order chi connectivity index (χ0) is 14.5. The van der Waals surface area contributed by atoms with Crippen molar-refractivity contribution < 1.29 is 9.59 Å². The van der Waals surface area contributed by atoms with Crippen LogP contribution in [0.1, 0.15) is 29.3 Å². The molecule has 0 aliphatic carbocycles. The Balaban J connectivity index is 2.26. The number of carbonyl (C=O) groups excluding carboxylic acids is 2. The fourth-order valence-electron chi connectivity index (χ4n) is 2.33. The molecule has 0 saturated carbocycles. The Morgan fingerprint density at radius 2 is 2.25 bits per heavy atom. The van der Waals surface area contributed by atoms with Crippen molar-refractivity contribution in [2.24, 2.45) is 0 Å². The lowest BCUT2D eigenvalue weighted by atomic mass is 10.1. The minimum atomic E-state index is -0.0893. The molecule has 1 fully saturated rings. The van der Waals surface area contributed by atoms with Crippen molar-refractivity contribution in [3.63, 3.8) is 0 Å². The fourth-order valence-corrected chi connectivity index (χ4v) is 2.33. The maximum absolute atomic E-state index is 12.7.